The summed E-state index contributed by atoms with van der Waals surface area (Å²) in [6.07, 6.45) is 1.53. The van der Waals surface area contributed by atoms with E-state index in [1.54, 1.807) is 22.9 Å². The third-order valence-electron chi connectivity index (χ3n) is 4.58. The smallest absolute Gasteiger partial charge is 0.276 e. The highest BCUT2D eigenvalue weighted by atomic mass is 16.5. The van der Waals surface area contributed by atoms with E-state index in [0.717, 1.165) is 6.42 Å². The Balaban J connectivity index is 1.73. The predicted molar refractivity (Wildman–Crippen MR) is 77.3 cm³/mol. The van der Waals surface area contributed by atoms with Crippen molar-refractivity contribution in [2.75, 3.05) is 33.4 Å². The molecule has 3 heterocycles. The molecule has 2 saturated heterocycles. The average molecular weight is 307 g/mol. The summed E-state index contributed by atoms with van der Waals surface area (Å²) in [5.74, 6) is 0.821. The Bertz CT molecular complexity index is 571. The van der Waals surface area contributed by atoms with Gasteiger partial charge in [-0.1, -0.05) is 12.1 Å². The second-order valence-corrected chi connectivity index (χ2v) is 5.92. The number of aryl methyl sites for hydroxylation is 1. The molecule has 2 aliphatic heterocycles. The van der Waals surface area contributed by atoms with Gasteiger partial charge in [0.1, 0.15) is 12.4 Å². The van der Waals surface area contributed by atoms with E-state index in [1.165, 1.54) is 0 Å². The SMILES string of the molecule is CCc1cc(C(=O)N2CC[C@H]3COCC(=O)N(C)[C@H]3C2)no1. The van der Waals surface area contributed by atoms with Crippen molar-refractivity contribution >= 4 is 11.8 Å². The van der Waals surface area contributed by atoms with E-state index in [4.69, 9.17) is 9.26 Å². The molecule has 22 heavy (non-hydrogen) atoms. The van der Waals surface area contributed by atoms with Crippen LogP contribution < -0.4 is 0 Å². The number of rotatable bonds is 2. The van der Waals surface area contributed by atoms with Crippen molar-refractivity contribution in [3.8, 4) is 0 Å². The molecule has 0 saturated carbocycles. The van der Waals surface area contributed by atoms with Crippen LogP contribution in [-0.4, -0.2) is 66.2 Å². The zero-order chi connectivity index (χ0) is 15.7. The van der Waals surface area contributed by atoms with E-state index in [2.05, 4.69) is 5.16 Å². The lowest BCUT2D eigenvalue weighted by Crippen LogP contribution is -2.54. The van der Waals surface area contributed by atoms with Crippen molar-refractivity contribution in [1.29, 1.82) is 0 Å². The third-order valence-corrected chi connectivity index (χ3v) is 4.58. The number of ether oxygens (including phenoxy) is 1. The summed E-state index contributed by atoms with van der Waals surface area (Å²) in [6.45, 7) is 3.82. The standard InChI is InChI=1S/C15H21N3O4/c1-3-11-6-12(16-22-11)15(20)18-5-4-10-8-21-9-14(19)17(2)13(10)7-18/h6,10,13H,3-5,7-9H2,1-2H3/t10-,13-/m0/s1. The Labute approximate surface area is 129 Å². The molecule has 0 aliphatic carbocycles. The van der Waals surface area contributed by atoms with Gasteiger partial charge in [0.25, 0.3) is 5.91 Å². The fourth-order valence-corrected chi connectivity index (χ4v) is 3.12. The maximum absolute atomic E-state index is 12.5. The van der Waals surface area contributed by atoms with E-state index in [9.17, 15) is 9.59 Å². The topological polar surface area (TPSA) is 75.9 Å². The maximum Gasteiger partial charge on any atom is 0.276 e. The van der Waals surface area contributed by atoms with Crippen LogP contribution in [0.5, 0.6) is 0 Å². The Hall–Kier alpha value is -1.89. The lowest BCUT2D eigenvalue weighted by atomic mass is 9.91. The van der Waals surface area contributed by atoms with Gasteiger partial charge in [-0.05, 0) is 6.42 Å². The summed E-state index contributed by atoms with van der Waals surface area (Å²) >= 11 is 0. The van der Waals surface area contributed by atoms with Crippen LogP contribution in [0.2, 0.25) is 0 Å². The van der Waals surface area contributed by atoms with Crippen LogP contribution in [0.25, 0.3) is 0 Å². The quantitative estimate of drug-likeness (QED) is 0.798. The predicted octanol–water partition coefficient (Wildman–Crippen LogP) is 0.556. The summed E-state index contributed by atoms with van der Waals surface area (Å²) < 4.78 is 10.5. The van der Waals surface area contributed by atoms with Gasteiger partial charge in [-0.2, -0.15) is 0 Å². The van der Waals surface area contributed by atoms with Crippen molar-refractivity contribution in [1.82, 2.24) is 15.0 Å². The molecule has 0 aromatic carbocycles. The van der Waals surface area contributed by atoms with Gasteiger partial charge in [0.15, 0.2) is 5.69 Å². The van der Waals surface area contributed by atoms with Crippen LogP contribution >= 0.6 is 0 Å². The van der Waals surface area contributed by atoms with Crippen molar-refractivity contribution in [3.63, 3.8) is 0 Å². The van der Waals surface area contributed by atoms with Gasteiger partial charge in [-0.3, -0.25) is 9.59 Å². The molecule has 120 valence electrons. The summed E-state index contributed by atoms with van der Waals surface area (Å²) in [5, 5.41) is 3.85. The van der Waals surface area contributed by atoms with Gasteiger partial charge in [-0.25, -0.2) is 0 Å². The highest BCUT2D eigenvalue weighted by Gasteiger charge is 2.38. The Morgan fingerprint density at radius 1 is 1.50 bits per heavy atom. The third kappa shape index (κ3) is 2.72. The summed E-state index contributed by atoms with van der Waals surface area (Å²) in [7, 11) is 1.79. The number of amides is 2. The molecule has 0 bridgehead atoms. The van der Waals surface area contributed by atoms with Gasteiger partial charge in [0.05, 0.1) is 12.6 Å². The first-order valence-corrected chi connectivity index (χ1v) is 7.68. The first-order valence-electron chi connectivity index (χ1n) is 7.68. The number of nitrogens with zero attached hydrogens (tertiary/aromatic N) is 3. The van der Waals surface area contributed by atoms with Crippen LogP contribution in [0.15, 0.2) is 10.6 Å². The number of likely N-dealkylation sites (N-methyl/N-ethyl adjacent to an activating group) is 1. The zero-order valence-corrected chi connectivity index (χ0v) is 12.9. The van der Waals surface area contributed by atoms with Gasteiger partial charge in [0.2, 0.25) is 5.91 Å². The van der Waals surface area contributed by atoms with Crippen LogP contribution in [0.4, 0.5) is 0 Å². The number of hydrogen-bond acceptors (Lipinski definition) is 5. The number of piperidine rings is 1. The molecule has 0 unspecified atom stereocenters. The van der Waals surface area contributed by atoms with Crippen molar-refractivity contribution in [2.24, 2.45) is 5.92 Å². The Morgan fingerprint density at radius 2 is 2.32 bits per heavy atom. The van der Waals surface area contributed by atoms with Crippen molar-refractivity contribution in [3.05, 3.63) is 17.5 Å². The van der Waals surface area contributed by atoms with E-state index in [0.29, 0.717) is 37.6 Å². The fraction of sp³-hybridized carbons (Fsp3) is 0.667. The first kappa shape index (κ1) is 15.0. The lowest BCUT2D eigenvalue weighted by molar-refractivity contribution is -0.134. The van der Waals surface area contributed by atoms with Crippen LogP contribution in [0, 0.1) is 5.92 Å². The fourth-order valence-electron chi connectivity index (χ4n) is 3.12. The van der Waals surface area contributed by atoms with Crippen LogP contribution in [0.3, 0.4) is 0 Å². The molecular weight excluding hydrogens is 286 g/mol. The number of carbonyl (C=O) groups excluding carboxylic acids is 2. The first-order chi connectivity index (χ1) is 10.6. The molecular formula is C15H21N3O4. The minimum Gasteiger partial charge on any atom is -0.371 e. The molecule has 7 nitrogen and oxygen atoms in total. The zero-order valence-electron chi connectivity index (χ0n) is 12.9. The van der Waals surface area contributed by atoms with Crippen molar-refractivity contribution < 1.29 is 18.8 Å². The van der Waals surface area contributed by atoms with Gasteiger partial charge in [0, 0.05) is 38.5 Å². The molecule has 1 aromatic heterocycles. The van der Waals surface area contributed by atoms with Crippen molar-refractivity contribution in [2.45, 2.75) is 25.8 Å². The monoisotopic (exact) mass is 307 g/mol. The maximum atomic E-state index is 12.5. The molecule has 1 aromatic rings. The average Bonchev–Trinajstić information content (AvgIpc) is 2.97. The number of fused-ring (bicyclic) bond motifs is 1. The number of aromatic nitrogens is 1. The summed E-state index contributed by atoms with van der Waals surface area (Å²) in [4.78, 5) is 28.0. The number of carbonyl (C=O) groups is 2. The molecule has 2 amide bonds. The minimum atomic E-state index is -0.132. The van der Waals surface area contributed by atoms with Crippen LogP contribution in [0.1, 0.15) is 29.6 Å². The molecule has 2 atom stereocenters. The summed E-state index contributed by atoms with van der Waals surface area (Å²) in [5.41, 5.74) is 0.342. The molecule has 2 aliphatic rings. The molecule has 7 heteroatoms. The highest BCUT2D eigenvalue weighted by Crippen LogP contribution is 2.25. The second kappa shape index (κ2) is 6.08. The van der Waals surface area contributed by atoms with Gasteiger partial charge < -0.3 is 19.1 Å². The molecule has 0 spiro atoms. The number of hydrogen-bond donors (Lipinski definition) is 0. The van der Waals surface area contributed by atoms with Gasteiger partial charge in [-0.15, -0.1) is 0 Å². The minimum absolute atomic E-state index is 0.00486. The van der Waals surface area contributed by atoms with E-state index < -0.39 is 0 Å². The molecule has 2 fully saturated rings. The Kier molecular flexibility index (Phi) is 4.15. The summed E-state index contributed by atoms with van der Waals surface area (Å²) in [6, 6.07) is 1.70. The molecule has 0 N–H and O–H groups in total. The Morgan fingerprint density at radius 3 is 3.05 bits per heavy atom. The largest absolute Gasteiger partial charge is 0.371 e. The number of likely N-dealkylation sites (tertiary alicyclic amines) is 1. The normalized spacial score (nSPS) is 25.8. The van der Waals surface area contributed by atoms with Gasteiger partial charge >= 0.3 is 0 Å². The molecule has 3 rings (SSSR count). The highest BCUT2D eigenvalue weighted by molar-refractivity contribution is 5.92. The van der Waals surface area contributed by atoms with E-state index in [-0.39, 0.29) is 30.4 Å². The van der Waals surface area contributed by atoms with E-state index >= 15 is 0 Å². The molecule has 0 radical (unpaired) electrons. The van der Waals surface area contributed by atoms with Crippen LogP contribution in [-0.2, 0) is 16.0 Å². The second-order valence-electron chi connectivity index (χ2n) is 5.92. The lowest BCUT2D eigenvalue weighted by Gasteiger charge is -2.40. The van der Waals surface area contributed by atoms with E-state index in [1.807, 2.05) is 6.92 Å².